The van der Waals surface area contributed by atoms with Gasteiger partial charge in [-0.05, 0) is 26.7 Å². The molecule has 1 unspecified atom stereocenters. The molecule has 2 N–H and O–H groups in total. The molecule has 3 heteroatoms. The maximum atomic E-state index is 5.68. The number of rotatable bonds is 5. The molecule has 3 nitrogen and oxygen atoms in total. The van der Waals surface area contributed by atoms with E-state index in [4.69, 9.17) is 5.73 Å². The number of aryl methyl sites for hydroxylation is 2. The summed E-state index contributed by atoms with van der Waals surface area (Å²) in [7, 11) is 0. The predicted molar refractivity (Wildman–Crippen MR) is 54.5 cm³/mol. The fourth-order valence-electron chi connectivity index (χ4n) is 1.44. The van der Waals surface area contributed by atoms with E-state index in [0.717, 1.165) is 25.8 Å². The molecule has 1 aromatic rings. The molecule has 0 aliphatic heterocycles. The number of imidazole rings is 1. The molecule has 1 heterocycles. The van der Waals surface area contributed by atoms with Crippen LogP contribution in [0.1, 0.15) is 32.5 Å². The Bertz CT molecular complexity index is 240. The fraction of sp³-hybridized carbons (Fsp3) is 0.700. The number of aromatic nitrogens is 2. The molecule has 1 atom stereocenters. The van der Waals surface area contributed by atoms with Crippen LogP contribution < -0.4 is 5.73 Å². The molecule has 1 rings (SSSR count). The van der Waals surface area contributed by atoms with E-state index in [9.17, 15) is 0 Å². The normalized spacial score (nSPS) is 13.2. The molecular weight excluding hydrogens is 162 g/mol. The second kappa shape index (κ2) is 5.02. The topological polar surface area (TPSA) is 43.8 Å². The van der Waals surface area contributed by atoms with Crippen LogP contribution in [-0.4, -0.2) is 15.6 Å². The maximum absolute atomic E-state index is 5.68. The first kappa shape index (κ1) is 10.3. The first-order valence-electron chi connectivity index (χ1n) is 4.99. The van der Waals surface area contributed by atoms with Gasteiger partial charge in [-0.2, -0.15) is 0 Å². The van der Waals surface area contributed by atoms with E-state index in [1.165, 1.54) is 5.82 Å². The van der Waals surface area contributed by atoms with Crippen molar-refractivity contribution in [1.29, 1.82) is 0 Å². The molecule has 74 valence electrons. The van der Waals surface area contributed by atoms with Crippen LogP contribution >= 0.6 is 0 Å². The van der Waals surface area contributed by atoms with Crippen molar-refractivity contribution in [1.82, 2.24) is 9.55 Å². The molecule has 0 spiro atoms. The molecule has 0 aliphatic rings. The number of nitrogens with zero attached hydrogens (tertiary/aromatic N) is 2. The Kier molecular flexibility index (Phi) is 3.96. The van der Waals surface area contributed by atoms with E-state index in [1.807, 2.05) is 19.3 Å². The number of hydrogen-bond acceptors (Lipinski definition) is 2. The first-order valence-corrected chi connectivity index (χ1v) is 4.99. The van der Waals surface area contributed by atoms with Crippen molar-refractivity contribution in [3.63, 3.8) is 0 Å². The lowest BCUT2D eigenvalue weighted by atomic mass is 10.1. The minimum atomic E-state index is 0.310. The van der Waals surface area contributed by atoms with Gasteiger partial charge in [-0.25, -0.2) is 4.98 Å². The standard InChI is InChI=1S/C10H19N3/c1-3-13-8-7-12-10(13)6-4-5-9(2)11/h7-9H,3-6,11H2,1-2H3. The smallest absolute Gasteiger partial charge is 0.108 e. The van der Waals surface area contributed by atoms with Crippen LogP contribution in [0.3, 0.4) is 0 Å². The second-order valence-electron chi connectivity index (χ2n) is 3.50. The molecule has 0 bridgehead atoms. The van der Waals surface area contributed by atoms with E-state index in [-0.39, 0.29) is 0 Å². The zero-order valence-electron chi connectivity index (χ0n) is 8.53. The van der Waals surface area contributed by atoms with E-state index in [1.54, 1.807) is 0 Å². The van der Waals surface area contributed by atoms with Crippen molar-refractivity contribution >= 4 is 0 Å². The highest BCUT2D eigenvalue weighted by molar-refractivity contribution is 4.92. The van der Waals surface area contributed by atoms with Crippen LogP contribution in [0.4, 0.5) is 0 Å². The Morgan fingerprint density at radius 3 is 3.00 bits per heavy atom. The summed E-state index contributed by atoms with van der Waals surface area (Å²) < 4.78 is 2.18. The van der Waals surface area contributed by atoms with Crippen LogP contribution in [0.2, 0.25) is 0 Å². The predicted octanol–water partition coefficient (Wildman–Crippen LogP) is 1.57. The molecule has 0 saturated carbocycles. The first-order chi connectivity index (χ1) is 6.24. The highest BCUT2D eigenvalue weighted by Crippen LogP contribution is 2.04. The summed E-state index contributed by atoms with van der Waals surface area (Å²) in [5, 5.41) is 0. The Hall–Kier alpha value is -0.830. The largest absolute Gasteiger partial charge is 0.335 e. The maximum Gasteiger partial charge on any atom is 0.108 e. The summed E-state index contributed by atoms with van der Waals surface area (Å²) in [5.41, 5.74) is 5.68. The zero-order valence-corrected chi connectivity index (χ0v) is 8.53. The van der Waals surface area contributed by atoms with Gasteiger partial charge in [0, 0.05) is 31.4 Å². The molecule has 0 radical (unpaired) electrons. The van der Waals surface area contributed by atoms with Gasteiger partial charge >= 0.3 is 0 Å². The van der Waals surface area contributed by atoms with Gasteiger partial charge in [-0.15, -0.1) is 0 Å². The third-order valence-electron chi connectivity index (χ3n) is 2.20. The quantitative estimate of drug-likeness (QED) is 0.749. The minimum Gasteiger partial charge on any atom is -0.335 e. The highest BCUT2D eigenvalue weighted by atomic mass is 15.0. The summed E-state index contributed by atoms with van der Waals surface area (Å²) in [6.07, 6.45) is 7.15. The molecule has 1 aromatic heterocycles. The van der Waals surface area contributed by atoms with Crippen molar-refractivity contribution in [3.8, 4) is 0 Å². The van der Waals surface area contributed by atoms with Crippen LogP contribution in [0.15, 0.2) is 12.4 Å². The third-order valence-corrected chi connectivity index (χ3v) is 2.20. The van der Waals surface area contributed by atoms with Crippen LogP contribution in [-0.2, 0) is 13.0 Å². The van der Waals surface area contributed by atoms with Gasteiger partial charge in [-0.3, -0.25) is 0 Å². The number of hydrogen-bond donors (Lipinski definition) is 1. The molecule has 0 fully saturated rings. The zero-order chi connectivity index (χ0) is 9.68. The van der Waals surface area contributed by atoms with Gasteiger partial charge in [0.15, 0.2) is 0 Å². The fourth-order valence-corrected chi connectivity index (χ4v) is 1.44. The molecule has 0 amide bonds. The van der Waals surface area contributed by atoms with Gasteiger partial charge in [0.25, 0.3) is 0 Å². The van der Waals surface area contributed by atoms with Crippen LogP contribution in [0, 0.1) is 0 Å². The van der Waals surface area contributed by atoms with Crippen molar-refractivity contribution in [3.05, 3.63) is 18.2 Å². The summed E-state index contributed by atoms with van der Waals surface area (Å²) in [6.45, 7) is 5.19. The third kappa shape index (κ3) is 3.19. The monoisotopic (exact) mass is 181 g/mol. The van der Waals surface area contributed by atoms with Crippen LogP contribution in [0.25, 0.3) is 0 Å². The average molecular weight is 181 g/mol. The van der Waals surface area contributed by atoms with Gasteiger partial charge in [0.2, 0.25) is 0 Å². The SMILES string of the molecule is CCn1ccnc1CCCC(C)N. The van der Waals surface area contributed by atoms with Crippen molar-refractivity contribution < 1.29 is 0 Å². The lowest BCUT2D eigenvalue weighted by molar-refractivity contribution is 0.594. The average Bonchev–Trinajstić information content (AvgIpc) is 2.51. The lowest BCUT2D eigenvalue weighted by Crippen LogP contribution is -2.15. The van der Waals surface area contributed by atoms with Gasteiger partial charge in [0.05, 0.1) is 0 Å². The van der Waals surface area contributed by atoms with Crippen molar-refractivity contribution in [2.45, 2.75) is 45.7 Å². The van der Waals surface area contributed by atoms with Crippen molar-refractivity contribution in [2.75, 3.05) is 0 Å². The summed E-state index contributed by atoms with van der Waals surface area (Å²) in [6, 6.07) is 0.310. The van der Waals surface area contributed by atoms with Crippen LogP contribution in [0.5, 0.6) is 0 Å². The molecule has 13 heavy (non-hydrogen) atoms. The Morgan fingerprint density at radius 2 is 2.38 bits per heavy atom. The summed E-state index contributed by atoms with van der Waals surface area (Å²) in [5.74, 6) is 1.18. The minimum absolute atomic E-state index is 0.310. The van der Waals surface area contributed by atoms with Gasteiger partial charge < -0.3 is 10.3 Å². The lowest BCUT2D eigenvalue weighted by Gasteiger charge is -2.06. The van der Waals surface area contributed by atoms with E-state index in [2.05, 4.69) is 16.5 Å². The second-order valence-corrected chi connectivity index (χ2v) is 3.50. The van der Waals surface area contributed by atoms with E-state index < -0.39 is 0 Å². The Morgan fingerprint density at radius 1 is 1.62 bits per heavy atom. The van der Waals surface area contributed by atoms with Gasteiger partial charge in [0.1, 0.15) is 5.82 Å². The Labute approximate surface area is 80.0 Å². The van der Waals surface area contributed by atoms with Crippen molar-refractivity contribution in [2.24, 2.45) is 5.73 Å². The Balaban J connectivity index is 2.36. The van der Waals surface area contributed by atoms with E-state index in [0.29, 0.717) is 6.04 Å². The summed E-state index contributed by atoms with van der Waals surface area (Å²) in [4.78, 5) is 4.31. The summed E-state index contributed by atoms with van der Waals surface area (Å²) >= 11 is 0. The number of nitrogens with two attached hydrogens (primary N) is 1. The molecule has 0 aromatic carbocycles. The molecular formula is C10H19N3. The van der Waals surface area contributed by atoms with E-state index >= 15 is 0 Å². The molecule has 0 aliphatic carbocycles. The highest BCUT2D eigenvalue weighted by Gasteiger charge is 2.01. The molecule has 0 saturated heterocycles. The van der Waals surface area contributed by atoms with Gasteiger partial charge in [-0.1, -0.05) is 0 Å².